The Balaban J connectivity index is 0.00000165. The highest BCUT2D eigenvalue weighted by molar-refractivity contribution is 6.30. The molecule has 1 aliphatic carbocycles. The highest BCUT2D eigenvalue weighted by Crippen LogP contribution is 2.32. The summed E-state index contributed by atoms with van der Waals surface area (Å²) in [5.41, 5.74) is 9.17. The molecule has 10 N–H and O–H groups in total. The molecule has 0 aromatic heterocycles. The highest BCUT2D eigenvalue weighted by atomic mass is 19.4. The van der Waals surface area contributed by atoms with Crippen LogP contribution in [0.3, 0.4) is 0 Å². The molecule has 0 bridgehead atoms. The van der Waals surface area contributed by atoms with Crippen LogP contribution in [-0.2, 0) is 51.2 Å². The zero-order valence-corrected chi connectivity index (χ0v) is 46.4. The number of carboxylic acids is 1. The molecule has 7 amide bonds. The van der Waals surface area contributed by atoms with Crippen LogP contribution in [0.25, 0.3) is 0 Å². The van der Waals surface area contributed by atoms with Crippen LogP contribution < -0.4 is 43.0 Å². The number of aliphatic carboxylic acids is 1. The van der Waals surface area contributed by atoms with E-state index in [1.165, 1.54) is 11.8 Å². The Hall–Kier alpha value is -8.47. The molecule has 1 fully saturated rings. The predicted octanol–water partition coefficient (Wildman–Crippen LogP) is 3.98. The maximum absolute atomic E-state index is 14.4. The maximum Gasteiger partial charge on any atom is 0.490 e. The number of likely N-dealkylation sites (tertiary alicyclic amines) is 1. The first-order valence-corrected chi connectivity index (χ1v) is 27.2. The number of benzene rings is 4. The van der Waals surface area contributed by atoms with Gasteiger partial charge in [-0.2, -0.15) is 13.2 Å². The Kier molecular flexibility index (Phi) is 23.8. The lowest BCUT2D eigenvalue weighted by Crippen LogP contribution is -2.59. The number of nitrogens with one attached hydrogen (secondary N) is 7. The van der Waals surface area contributed by atoms with Crippen molar-refractivity contribution >= 4 is 64.6 Å². The van der Waals surface area contributed by atoms with Gasteiger partial charge in [-0.3, -0.25) is 43.2 Å². The molecule has 7 atom stereocenters. The van der Waals surface area contributed by atoms with Gasteiger partial charge in [-0.15, -0.1) is 0 Å². The minimum Gasteiger partial charge on any atom is -0.475 e. The van der Waals surface area contributed by atoms with Crippen molar-refractivity contribution in [2.24, 2.45) is 17.6 Å². The topological polar surface area (TPSA) is 304 Å². The number of hydrogen-bond acceptors (Lipinski definition) is 12. The monoisotopic (exact) mass is 1140 g/mol. The molecule has 82 heavy (non-hydrogen) atoms. The van der Waals surface area contributed by atoms with Crippen molar-refractivity contribution in [2.45, 2.75) is 122 Å². The molecule has 23 heteroatoms. The third-order valence-corrected chi connectivity index (χ3v) is 13.8. The number of nitrogens with zero attached hydrogens (tertiary/aromatic N) is 1. The van der Waals surface area contributed by atoms with E-state index in [-0.39, 0.29) is 55.7 Å². The normalized spacial score (nSPS) is 15.8. The summed E-state index contributed by atoms with van der Waals surface area (Å²) in [5, 5.41) is 27.1. The smallest absolute Gasteiger partial charge is 0.475 e. The molecule has 1 heterocycles. The Morgan fingerprint density at radius 1 is 0.659 bits per heavy atom. The van der Waals surface area contributed by atoms with E-state index in [0.29, 0.717) is 60.2 Å². The largest absolute Gasteiger partial charge is 0.490 e. The fourth-order valence-electron chi connectivity index (χ4n) is 9.30. The lowest BCUT2D eigenvalue weighted by atomic mass is 9.83. The first-order valence-electron chi connectivity index (χ1n) is 27.2. The van der Waals surface area contributed by atoms with Gasteiger partial charge < -0.3 is 53.0 Å². The van der Waals surface area contributed by atoms with E-state index >= 15 is 0 Å². The van der Waals surface area contributed by atoms with Crippen LogP contribution in [0, 0.1) is 11.8 Å². The number of carbonyl (C=O) groups is 10. The average molecular weight is 1140 g/mol. The van der Waals surface area contributed by atoms with Crippen LogP contribution in [0.15, 0.2) is 103 Å². The summed E-state index contributed by atoms with van der Waals surface area (Å²) in [5.74, 6) is -7.53. The van der Waals surface area contributed by atoms with Crippen molar-refractivity contribution in [3.63, 3.8) is 0 Å². The van der Waals surface area contributed by atoms with Crippen molar-refractivity contribution in [1.29, 1.82) is 0 Å². The number of ketones is 2. The predicted molar refractivity (Wildman–Crippen MR) is 298 cm³/mol. The number of hydrogen-bond donors (Lipinski definition) is 9. The van der Waals surface area contributed by atoms with Crippen LogP contribution in [0.2, 0.25) is 0 Å². The Labute approximate surface area is 473 Å². The van der Waals surface area contributed by atoms with Crippen molar-refractivity contribution in [2.75, 3.05) is 31.5 Å². The molecule has 2 aliphatic rings. The van der Waals surface area contributed by atoms with Crippen LogP contribution in [0.1, 0.15) is 110 Å². The first-order chi connectivity index (χ1) is 38.9. The summed E-state index contributed by atoms with van der Waals surface area (Å²) in [6, 6.07) is 23.9. The van der Waals surface area contributed by atoms with Gasteiger partial charge in [-0.25, -0.2) is 4.79 Å². The summed E-state index contributed by atoms with van der Waals surface area (Å²) in [6.45, 7) is 9.29. The Morgan fingerprint density at radius 2 is 1.21 bits per heavy atom. The van der Waals surface area contributed by atoms with Gasteiger partial charge in [0, 0.05) is 54.9 Å². The number of carboxylic acid groups (broad SMARTS) is 1. The van der Waals surface area contributed by atoms with Crippen molar-refractivity contribution < 1.29 is 66.2 Å². The molecule has 20 nitrogen and oxygen atoms in total. The third-order valence-electron chi connectivity index (χ3n) is 13.8. The number of amides is 7. The van der Waals surface area contributed by atoms with Crippen molar-refractivity contribution in [3.05, 3.63) is 137 Å². The molecule has 4 aromatic carbocycles. The van der Waals surface area contributed by atoms with Crippen LogP contribution in [0.5, 0.6) is 0 Å². The summed E-state index contributed by atoms with van der Waals surface area (Å²) in [6.07, 6.45) is -2.73. The van der Waals surface area contributed by atoms with Crippen LogP contribution >= 0.6 is 0 Å². The molecule has 1 saturated heterocycles. The fraction of sp³-hybridized carbons (Fsp3) is 0.424. The number of carbonyl (C=O) groups excluding carboxylic acids is 9. The SMILES string of the molecule is CC[C@H](C)[C@H](NC(=O)[C@H](Cc1ccccc1)NC(=O)[C@H](CC(C)C)NC(=O)[C@@H](C)N)C(=O)NCC(=O)N[C@@H](Cc1ccccc1)C(=O)N1CCC[C@@H]1C(=O)NCCCNc1cccc2c1C(=O)c1ccccc1C2=O.O=C(O)C(F)(F)F. The van der Waals surface area contributed by atoms with Gasteiger partial charge in [0.15, 0.2) is 11.6 Å². The summed E-state index contributed by atoms with van der Waals surface area (Å²) in [4.78, 5) is 133. The molecule has 0 radical (unpaired) electrons. The molecule has 0 unspecified atom stereocenters. The summed E-state index contributed by atoms with van der Waals surface area (Å²) < 4.78 is 31.7. The molecule has 1 aliphatic heterocycles. The third kappa shape index (κ3) is 18.3. The standard InChI is InChI=1S/C57H71N9O9.C2HF3O2/c1-6-35(4)49(65-54(72)44(31-37-18-9-7-10-19-37)64-53(71)43(30-34(2)3)63-52(70)36(5)58)56(74)61-33-47(67)62-45(32-38-20-11-8-12-21-38)57(75)66-29-16-26-46(66)55(73)60-28-17-27-59-42-25-15-24-41-48(42)51(69)40-23-14-13-22-39(40)50(41)68;3-2(4,5)1(6)7/h7-15,18-25,34-36,43-46,49,59H,6,16-17,26-33,58H2,1-5H3,(H,60,73)(H,61,74)(H,62,67)(H,63,70)(H,64,71)(H,65,72);(H,6,7)/t35-,36+,43-,44-,45-,46+,49-;/m0./s1. The molecular formula is C59H72F3N9O11. The molecule has 4 aromatic rings. The van der Waals surface area contributed by atoms with E-state index in [1.807, 2.05) is 57.2 Å². The second kappa shape index (κ2) is 30.4. The maximum atomic E-state index is 14.4. The molecule has 440 valence electrons. The number of fused-ring (bicyclic) bond motifs is 2. The summed E-state index contributed by atoms with van der Waals surface area (Å²) in [7, 11) is 0. The van der Waals surface area contributed by atoms with E-state index < -0.39 is 96.3 Å². The number of alkyl halides is 3. The van der Waals surface area contributed by atoms with E-state index in [0.717, 1.165) is 11.1 Å². The first kappa shape index (κ1) is 64.4. The second-order valence-corrected chi connectivity index (χ2v) is 20.6. The highest BCUT2D eigenvalue weighted by Gasteiger charge is 2.40. The molecule has 6 rings (SSSR count). The number of anilines is 1. The molecular weight excluding hydrogens is 1070 g/mol. The van der Waals surface area contributed by atoms with Gasteiger partial charge in [0.05, 0.1) is 18.2 Å². The van der Waals surface area contributed by atoms with Gasteiger partial charge >= 0.3 is 12.1 Å². The number of halogens is 3. The molecule has 0 saturated carbocycles. The summed E-state index contributed by atoms with van der Waals surface area (Å²) >= 11 is 0. The second-order valence-electron chi connectivity index (χ2n) is 20.6. The fourth-order valence-corrected chi connectivity index (χ4v) is 9.30. The van der Waals surface area contributed by atoms with Crippen LogP contribution in [0.4, 0.5) is 18.9 Å². The lowest BCUT2D eigenvalue weighted by Gasteiger charge is -2.29. The molecule has 0 spiro atoms. The van der Waals surface area contributed by atoms with Gasteiger partial charge in [0.2, 0.25) is 41.4 Å². The minimum absolute atomic E-state index is 0.00580. The van der Waals surface area contributed by atoms with E-state index in [9.17, 15) is 56.3 Å². The number of nitrogens with two attached hydrogens (primary N) is 1. The Bertz CT molecular complexity index is 2930. The Morgan fingerprint density at radius 3 is 1.78 bits per heavy atom. The van der Waals surface area contributed by atoms with E-state index in [2.05, 4.69) is 37.2 Å². The van der Waals surface area contributed by atoms with Gasteiger partial charge in [0.25, 0.3) is 0 Å². The zero-order chi connectivity index (χ0) is 60.3. The van der Waals surface area contributed by atoms with Gasteiger partial charge in [0.1, 0.15) is 30.2 Å². The van der Waals surface area contributed by atoms with Gasteiger partial charge in [-0.1, -0.05) is 131 Å². The minimum atomic E-state index is -5.08. The van der Waals surface area contributed by atoms with Crippen molar-refractivity contribution in [1.82, 2.24) is 36.8 Å². The number of rotatable bonds is 25. The zero-order valence-electron chi connectivity index (χ0n) is 46.4. The van der Waals surface area contributed by atoms with E-state index in [4.69, 9.17) is 15.6 Å². The van der Waals surface area contributed by atoms with Gasteiger partial charge in [-0.05, 0) is 61.6 Å². The van der Waals surface area contributed by atoms with E-state index in [1.54, 1.807) is 73.7 Å². The lowest BCUT2D eigenvalue weighted by molar-refractivity contribution is -0.192. The van der Waals surface area contributed by atoms with Crippen LogP contribution in [-0.4, -0.2) is 137 Å². The quantitative estimate of drug-likeness (QED) is 0.0374. The van der Waals surface area contributed by atoms with Crippen molar-refractivity contribution in [3.8, 4) is 0 Å². The average Bonchev–Trinajstić information content (AvgIpc) is 4.06.